The van der Waals surface area contributed by atoms with Gasteiger partial charge in [0, 0.05) is 11.8 Å². The van der Waals surface area contributed by atoms with Gasteiger partial charge in [0.15, 0.2) is 5.78 Å². The van der Waals surface area contributed by atoms with Crippen molar-refractivity contribution in [3.05, 3.63) is 76.5 Å². The van der Waals surface area contributed by atoms with Crippen LogP contribution < -0.4 is 14.2 Å². The van der Waals surface area contributed by atoms with Crippen LogP contribution in [0.25, 0.3) is 0 Å². The predicted molar refractivity (Wildman–Crippen MR) is 115 cm³/mol. The van der Waals surface area contributed by atoms with Gasteiger partial charge in [0.2, 0.25) is 5.88 Å². The van der Waals surface area contributed by atoms with Crippen LogP contribution in [0.3, 0.4) is 0 Å². The molecule has 1 aromatic heterocycles. The summed E-state index contributed by atoms with van der Waals surface area (Å²) in [5.74, 6) is 0.722. The highest BCUT2D eigenvalue weighted by Gasteiger charge is 2.24. The molecule has 0 aliphatic heterocycles. The van der Waals surface area contributed by atoms with Crippen molar-refractivity contribution in [2.45, 2.75) is 26.2 Å². The van der Waals surface area contributed by atoms with Gasteiger partial charge in [-0.25, -0.2) is 4.98 Å². The monoisotopic (exact) mass is 406 g/mol. The van der Waals surface area contributed by atoms with Crippen molar-refractivity contribution >= 4 is 5.78 Å². The number of aromatic nitrogens is 2. The Morgan fingerprint density at radius 2 is 1.73 bits per heavy atom. The van der Waals surface area contributed by atoms with Gasteiger partial charge in [0.1, 0.15) is 11.3 Å². The number of nitrogens with zero attached hydrogens (tertiary/aromatic N) is 2. The second-order valence-electron chi connectivity index (χ2n) is 7.11. The Bertz CT molecular complexity index is 1030. The lowest BCUT2D eigenvalue weighted by Gasteiger charge is -2.19. The molecule has 0 fully saturated rings. The molecule has 0 saturated heterocycles. The van der Waals surface area contributed by atoms with E-state index in [1.807, 2.05) is 31.2 Å². The first-order chi connectivity index (χ1) is 14.5. The molecule has 0 amide bonds. The van der Waals surface area contributed by atoms with E-state index in [-0.39, 0.29) is 29.2 Å². The summed E-state index contributed by atoms with van der Waals surface area (Å²) in [4.78, 5) is 21.8. The number of carbonyl (C=O) groups excluding carboxylic acids is 1. The third-order valence-electron chi connectivity index (χ3n) is 5.08. The fourth-order valence-electron chi connectivity index (χ4n) is 3.52. The largest absolute Gasteiger partial charge is 0.496 e. The minimum absolute atomic E-state index is 0.112. The SMILES string of the molecule is COc1ncc(C(=O)c2cc(OC)c(C)cc2C(C)Cc2ccccc2)c(OC)n1. The van der Waals surface area contributed by atoms with Gasteiger partial charge >= 0.3 is 6.01 Å². The quantitative estimate of drug-likeness (QED) is 0.517. The van der Waals surface area contributed by atoms with Gasteiger partial charge in [0.25, 0.3) is 0 Å². The number of methoxy groups -OCH3 is 3. The Labute approximate surface area is 176 Å². The minimum atomic E-state index is -0.220. The van der Waals surface area contributed by atoms with Crippen molar-refractivity contribution in [1.29, 1.82) is 0 Å². The molecule has 0 aliphatic carbocycles. The zero-order valence-electron chi connectivity index (χ0n) is 17.9. The highest BCUT2D eigenvalue weighted by Crippen LogP contribution is 2.33. The summed E-state index contributed by atoms with van der Waals surface area (Å²) in [5.41, 5.74) is 3.95. The van der Waals surface area contributed by atoms with E-state index in [4.69, 9.17) is 14.2 Å². The van der Waals surface area contributed by atoms with E-state index < -0.39 is 0 Å². The molecule has 2 aromatic carbocycles. The maximum atomic E-state index is 13.5. The average molecular weight is 406 g/mol. The number of carbonyl (C=O) groups is 1. The molecular formula is C24H26N2O4. The third-order valence-corrected chi connectivity index (χ3v) is 5.08. The van der Waals surface area contributed by atoms with Crippen LogP contribution in [0.4, 0.5) is 0 Å². The molecule has 1 atom stereocenters. The highest BCUT2D eigenvalue weighted by atomic mass is 16.5. The molecule has 0 radical (unpaired) electrons. The second kappa shape index (κ2) is 9.39. The number of hydrogen-bond donors (Lipinski definition) is 0. The van der Waals surface area contributed by atoms with E-state index in [1.54, 1.807) is 13.2 Å². The zero-order valence-corrected chi connectivity index (χ0v) is 17.9. The van der Waals surface area contributed by atoms with E-state index >= 15 is 0 Å². The van der Waals surface area contributed by atoms with Crippen molar-refractivity contribution < 1.29 is 19.0 Å². The number of aryl methyl sites for hydroxylation is 1. The Kier molecular flexibility index (Phi) is 6.67. The van der Waals surface area contributed by atoms with Crippen LogP contribution in [-0.2, 0) is 6.42 Å². The molecule has 156 valence electrons. The molecule has 1 heterocycles. The number of benzene rings is 2. The van der Waals surface area contributed by atoms with Crippen LogP contribution in [0.2, 0.25) is 0 Å². The standard InChI is InChI=1S/C24H26N2O4/c1-15(11-17-9-7-6-8-10-17)18-12-16(2)21(28-3)13-19(18)22(27)20-14-25-24(30-5)26-23(20)29-4/h6-10,12-15H,11H2,1-5H3. The van der Waals surface area contributed by atoms with Crippen molar-refractivity contribution in [3.8, 4) is 17.6 Å². The zero-order chi connectivity index (χ0) is 21.7. The average Bonchev–Trinajstić information content (AvgIpc) is 2.78. The number of ether oxygens (including phenoxy) is 3. The maximum absolute atomic E-state index is 13.5. The first-order valence-electron chi connectivity index (χ1n) is 9.70. The summed E-state index contributed by atoms with van der Waals surface area (Å²) < 4.78 is 15.9. The maximum Gasteiger partial charge on any atom is 0.319 e. The lowest BCUT2D eigenvalue weighted by Crippen LogP contribution is -2.13. The molecule has 3 rings (SSSR count). The van der Waals surface area contributed by atoms with Gasteiger partial charge in [-0.2, -0.15) is 4.98 Å². The Hall–Kier alpha value is -3.41. The Morgan fingerprint density at radius 1 is 1.00 bits per heavy atom. The van der Waals surface area contributed by atoms with Crippen LogP contribution in [0, 0.1) is 6.92 Å². The highest BCUT2D eigenvalue weighted by molar-refractivity contribution is 6.11. The number of rotatable bonds is 8. The van der Waals surface area contributed by atoms with Gasteiger partial charge in [-0.05, 0) is 42.0 Å². The fourth-order valence-corrected chi connectivity index (χ4v) is 3.52. The van der Waals surface area contributed by atoms with Crippen LogP contribution in [0.1, 0.15) is 45.5 Å². The van der Waals surface area contributed by atoms with E-state index in [0.717, 1.165) is 17.5 Å². The third kappa shape index (κ3) is 4.43. The molecule has 30 heavy (non-hydrogen) atoms. The van der Waals surface area contributed by atoms with Crippen molar-refractivity contribution in [3.63, 3.8) is 0 Å². The van der Waals surface area contributed by atoms with Crippen LogP contribution in [0.15, 0.2) is 48.7 Å². The summed E-state index contributed by atoms with van der Waals surface area (Å²) in [5, 5.41) is 0. The van der Waals surface area contributed by atoms with Crippen molar-refractivity contribution in [2.24, 2.45) is 0 Å². The molecule has 6 nitrogen and oxygen atoms in total. The van der Waals surface area contributed by atoms with Gasteiger partial charge < -0.3 is 14.2 Å². The van der Waals surface area contributed by atoms with Gasteiger partial charge in [-0.15, -0.1) is 0 Å². The van der Waals surface area contributed by atoms with Crippen LogP contribution in [0.5, 0.6) is 17.6 Å². The lowest BCUT2D eigenvalue weighted by molar-refractivity contribution is 0.103. The summed E-state index contributed by atoms with van der Waals surface area (Å²) in [6.45, 7) is 4.09. The van der Waals surface area contributed by atoms with E-state index in [9.17, 15) is 4.79 Å². The fraction of sp³-hybridized carbons (Fsp3) is 0.292. The minimum Gasteiger partial charge on any atom is -0.496 e. The summed E-state index contributed by atoms with van der Waals surface area (Å²) in [7, 11) is 4.53. The smallest absolute Gasteiger partial charge is 0.319 e. The Balaban J connectivity index is 2.07. The number of hydrogen-bond acceptors (Lipinski definition) is 6. The first-order valence-corrected chi connectivity index (χ1v) is 9.70. The van der Waals surface area contributed by atoms with Crippen LogP contribution >= 0.6 is 0 Å². The number of ketones is 1. The first kappa shape index (κ1) is 21.3. The van der Waals surface area contributed by atoms with E-state index in [2.05, 4.69) is 29.0 Å². The van der Waals surface area contributed by atoms with Crippen molar-refractivity contribution in [2.75, 3.05) is 21.3 Å². The topological polar surface area (TPSA) is 70.5 Å². The van der Waals surface area contributed by atoms with Gasteiger partial charge in [-0.1, -0.05) is 43.3 Å². The second-order valence-corrected chi connectivity index (χ2v) is 7.11. The summed E-state index contributed by atoms with van der Waals surface area (Å²) >= 11 is 0. The predicted octanol–water partition coefficient (Wildman–Crippen LogP) is 4.39. The molecule has 3 aromatic rings. The molecule has 0 bridgehead atoms. The lowest BCUT2D eigenvalue weighted by atomic mass is 9.86. The van der Waals surface area contributed by atoms with E-state index in [1.165, 1.54) is 26.0 Å². The molecule has 0 saturated carbocycles. The van der Waals surface area contributed by atoms with Crippen LogP contribution in [-0.4, -0.2) is 37.1 Å². The molecule has 6 heteroatoms. The van der Waals surface area contributed by atoms with Gasteiger partial charge in [-0.3, -0.25) is 4.79 Å². The normalized spacial score (nSPS) is 11.6. The Morgan fingerprint density at radius 3 is 2.37 bits per heavy atom. The molecule has 0 spiro atoms. The molecule has 1 unspecified atom stereocenters. The van der Waals surface area contributed by atoms with E-state index in [0.29, 0.717) is 11.3 Å². The molecule has 0 aliphatic rings. The van der Waals surface area contributed by atoms with Crippen molar-refractivity contribution in [1.82, 2.24) is 9.97 Å². The summed E-state index contributed by atoms with van der Waals surface area (Å²) in [6, 6.07) is 14.2. The molecular weight excluding hydrogens is 380 g/mol. The molecule has 0 N–H and O–H groups in total. The summed E-state index contributed by atoms with van der Waals surface area (Å²) in [6.07, 6.45) is 2.24. The van der Waals surface area contributed by atoms with Gasteiger partial charge in [0.05, 0.1) is 21.3 Å².